The molecule has 21 heavy (non-hydrogen) atoms. The molecule has 9 heteroatoms. The van der Waals surface area contributed by atoms with E-state index in [1.807, 2.05) is 6.92 Å². The number of benzene rings is 1. The van der Waals surface area contributed by atoms with E-state index in [1.165, 1.54) is 4.90 Å². The van der Waals surface area contributed by atoms with Crippen molar-refractivity contribution in [1.29, 1.82) is 0 Å². The van der Waals surface area contributed by atoms with Crippen LogP contribution in [0.1, 0.15) is 30.6 Å². The zero-order chi connectivity index (χ0) is 16.4. The lowest BCUT2D eigenvalue weighted by atomic mass is 10.2. The average molecular weight is 377 g/mol. The Morgan fingerprint density at radius 2 is 1.86 bits per heavy atom. The molecule has 0 bridgehead atoms. The van der Waals surface area contributed by atoms with E-state index in [0.29, 0.717) is 19.5 Å². The molecule has 4 nitrogen and oxygen atoms in total. The van der Waals surface area contributed by atoms with E-state index >= 15 is 0 Å². The summed E-state index contributed by atoms with van der Waals surface area (Å²) in [6, 6.07) is 0.816. The monoisotopic (exact) mass is 375 g/mol. The van der Waals surface area contributed by atoms with E-state index < -0.39 is 35.7 Å². The van der Waals surface area contributed by atoms with Crippen LogP contribution in [0.4, 0.5) is 4.39 Å². The Balaban J connectivity index is 3.53. The first kappa shape index (κ1) is 18.5. The van der Waals surface area contributed by atoms with Gasteiger partial charge in [-0.05, 0) is 19.4 Å². The minimum absolute atomic E-state index is 0.284. The summed E-state index contributed by atoms with van der Waals surface area (Å²) in [4.78, 5) is 13.0. The molecule has 0 aliphatic heterocycles. The Morgan fingerprint density at radius 1 is 1.29 bits per heavy atom. The Labute approximate surface area is 137 Å². The van der Waals surface area contributed by atoms with E-state index in [-0.39, 0.29) is 5.56 Å². The Morgan fingerprint density at radius 3 is 2.29 bits per heavy atom. The molecule has 0 aliphatic rings. The van der Waals surface area contributed by atoms with Gasteiger partial charge in [0.15, 0.2) is 0 Å². The second-order valence-corrected chi connectivity index (χ2v) is 7.44. The summed E-state index contributed by atoms with van der Waals surface area (Å²) in [5.41, 5.74) is -0.284. The minimum Gasteiger partial charge on any atom is -0.339 e. The lowest BCUT2D eigenvalue weighted by molar-refractivity contribution is 0.0764. The smallest absolute Gasteiger partial charge is 0.264 e. The molecule has 0 heterocycles. The molecule has 0 aromatic heterocycles. The molecule has 1 rings (SSSR count). The predicted octanol–water partition coefficient (Wildman–Crippen LogP) is 3.93. The van der Waals surface area contributed by atoms with E-state index in [2.05, 4.69) is 0 Å². The van der Waals surface area contributed by atoms with Crippen molar-refractivity contribution >= 4 is 48.8 Å². The molecule has 0 radical (unpaired) electrons. The van der Waals surface area contributed by atoms with Crippen LogP contribution in [0.15, 0.2) is 11.0 Å². The van der Waals surface area contributed by atoms with Crippen LogP contribution >= 0.6 is 33.9 Å². The van der Waals surface area contributed by atoms with Crippen LogP contribution in [0.5, 0.6) is 0 Å². The molecule has 1 amide bonds. The van der Waals surface area contributed by atoms with Crippen molar-refractivity contribution in [1.82, 2.24) is 4.90 Å². The van der Waals surface area contributed by atoms with Crippen molar-refractivity contribution < 1.29 is 17.6 Å². The van der Waals surface area contributed by atoms with Gasteiger partial charge in [-0.15, -0.1) is 0 Å². The highest BCUT2D eigenvalue weighted by Gasteiger charge is 2.28. The SMILES string of the molecule is CCCN(CC)C(=O)c1cc(F)c(Cl)c(S(=O)(=O)Cl)c1Cl. The van der Waals surface area contributed by atoms with Crippen molar-refractivity contribution in [2.45, 2.75) is 25.2 Å². The number of nitrogens with zero attached hydrogens (tertiary/aromatic N) is 1. The maximum atomic E-state index is 13.8. The molecule has 0 saturated carbocycles. The summed E-state index contributed by atoms with van der Waals surface area (Å²) in [6.45, 7) is 4.41. The van der Waals surface area contributed by atoms with Crippen LogP contribution in [0.25, 0.3) is 0 Å². The summed E-state index contributed by atoms with van der Waals surface area (Å²) >= 11 is 11.5. The lowest BCUT2D eigenvalue weighted by Crippen LogP contribution is -2.32. The molecule has 118 valence electrons. The highest BCUT2D eigenvalue weighted by atomic mass is 35.7. The van der Waals surface area contributed by atoms with Gasteiger partial charge in [-0.1, -0.05) is 30.1 Å². The summed E-state index contributed by atoms with van der Waals surface area (Å²) in [5, 5.41) is -1.21. The molecule has 0 N–H and O–H groups in total. The van der Waals surface area contributed by atoms with Gasteiger partial charge in [-0.3, -0.25) is 4.79 Å². The molecule has 1 aromatic rings. The Hall–Kier alpha value is -0.560. The first-order valence-electron chi connectivity index (χ1n) is 6.06. The van der Waals surface area contributed by atoms with Crippen LogP contribution in [0, 0.1) is 5.82 Å². The summed E-state index contributed by atoms with van der Waals surface area (Å²) in [5.74, 6) is -1.65. The first-order chi connectivity index (χ1) is 9.65. The second-order valence-electron chi connectivity index (χ2n) is 4.19. The van der Waals surface area contributed by atoms with Crippen LogP contribution in [0.2, 0.25) is 10.0 Å². The fraction of sp³-hybridized carbons (Fsp3) is 0.417. The standard InChI is InChI=1S/C12H13Cl3FNO3S/c1-3-5-17(4-2)12(18)7-6-8(16)10(14)11(9(7)13)21(15,19)20/h6H,3-5H2,1-2H3. The Bertz CT molecular complexity index is 664. The van der Waals surface area contributed by atoms with Crippen molar-refractivity contribution in [3.05, 3.63) is 27.5 Å². The molecule has 0 spiro atoms. The van der Waals surface area contributed by atoms with E-state index in [1.54, 1.807) is 6.92 Å². The van der Waals surface area contributed by atoms with E-state index in [0.717, 1.165) is 6.07 Å². The molecular formula is C12H13Cl3FNO3S. The normalized spacial score (nSPS) is 11.5. The number of carbonyl (C=O) groups is 1. The molecule has 0 fully saturated rings. The third-order valence-corrected chi connectivity index (χ3v) is 5.10. The largest absolute Gasteiger partial charge is 0.339 e. The van der Waals surface area contributed by atoms with Crippen molar-refractivity contribution in [3.8, 4) is 0 Å². The summed E-state index contributed by atoms with van der Waals surface area (Å²) < 4.78 is 36.7. The van der Waals surface area contributed by atoms with Crippen LogP contribution in [0.3, 0.4) is 0 Å². The van der Waals surface area contributed by atoms with Gasteiger partial charge >= 0.3 is 0 Å². The third kappa shape index (κ3) is 4.00. The number of halogens is 4. The summed E-state index contributed by atoms with van der Waals surface area (Å²) in [6.07, 6.45) is 0.688. The summed E-state index contributed by atoms with van der Waals surface area (Å²) in [7, 11) is 0.814. The van der Waals surface area contributed by atoms with Crippen molar-refractivity contribution in [2.24, 2.45) is 0 Å². The lowest BCUT2D eigenvalue weighted by Gasteiger charge is -2.21. The van der Waals surface area contributed by atoms with Crippen molar-refractivity contribution in [3.63, 3.8) is 0 Å². The van der Waals surface area contributed by atoms with Crippen LogP contribution in [-0.4, -0.2) is 32.3 Å². The van der Waals surface area contributed by atoms with Gasteiger partial charge in [-0.2, -0.15) is 0 Å². The zero-order valence-corrected chi connectivity index (χ0v) is 14.4. The van der Waals surface area contributed by atoms with Crippen molar-refractivity contribution in [2.75, 3.05) is 13.1 Å². The first-order valence-corrected chi connectivity index (χ1v) is 9.13. The number of carbonyl (C=O) groups excluding carboxylic acids is 1. The zero-order valence-electron chi connectivity index (χ0n) is 11.3. The van der Waals surface area contributed by atoms with Crippen LogP contribution < -0.4 is 0 Å². The highest BCUT2D eigenvalue weighted by molar-refractivity contribution is 8.14. The quantitative estimate of drug-likeness (QED) is 0.578. The van der Waals surface area contributed by atoms with Gasteiger partial charge in [0.1, 0.15) is 10.7 Å². The molecule has 0 unspecified atom stereocenters. The van der Waals surface area contributed by atoms with Gasteiger partial charge in [0.25, 0.3) is 15.0 Å². The fourth-order valence-corrected chi connectivity index (χ4v) is 4.17. The maximum Gasteiger partial charge on any atom is 0.264 e. The molecule has 0 atom stereocenters. The number of hydrogen-bond acceptors (Lipinski definition) is 3. The second kappa shape index (κ2) is 7.13. The van der Waals surface area contributed by atoms with Gasteiger partial charge in [0.2, 0.25) is 0 Å². The number of hydrogen-bond donors (Lipinski definition) is 0. The molecule has 0 aliphatic carbocycles. The predicted molar refractivity (Wildman–Crippen MR) is 81.3 cm³/mol. The Kier molecular flexibility index (Phi) is 6.28. The number of amides is 1. The average Bonchev–Trinajstić information content (AvgIpc) is 2.38. The van der Waals surface area contributed by atoms with Gasteiger partial charge < -0.3 is 4.90 Å². The van der Waals surface area contributed by atoms with Gasteiger partial charge in [-0.25, -0.2) is 12.8 Å². The molecular weight excluding hydrogens is 364 g/mol. The van der Waals surface area contributed by atoms with Crippen LogP contribution in [-0.2, 0) is 9.05 Å². The van der Waals surface area contributed by atoms with E-state index in [4.69, 9.17) is 33.9 Å². The fourth-order valence-electron chi connectivity index (χ4n) is 1.79. The minimum atomic E-state index is -4.39. The third-order valence-electron chi connectivity index (χ3n) is 2.75. The number of rotatable bonds is 5. The van der Waals surface area contributed by atoms with Gasteiger partial charge in [0.05, 0.1) is 15.6 Å². The molecule has 0 saturated heterocycles. The maximum absolute atomic E-state index is 13.8. The molecule has 1 aromatic carbocycles. The van der Waals surface area contributed by atoms with E-state index in [9.17, 15) is 17.6 Å². The highest BCUT2D eigenvalue weighted by Crippen LogP contribution is 2.36. The topological polar surface area (TPSA) is 54.5 Å². The van der Waals surface area contributed by atoms with Gasteiger partial charge in [0, 0.05) is 23.8 Å².